The van der Waals surface area contributed by atoms with Crippen molar-refractivity contribution in [1.82, 2.24) is 29.2 Å². The number of nitrogens with one attached hydrogen (secondary N) is 5. The number of allylic oxidation sites excluding steroid dienone is 2. The van der Waals surface area contributed by atoms with Gasteiger partial charge in [-0.3, -0.25) is 44.2 Å². The van der Waals surface area contributed by atoms with E-state index in [0.29, 0.717) is 52.6 Å². The number of H-pyrrole nitrogens is 1. The molecule has 8 aromatic rings. The zero-order valence-electron chi connectivity index (χ0n) is 65.3. The standard InChI is InChI=1S/C38H45ClN5O7PS.C38H46ClN5O7S.C8H8N2/c1-38(2)14-11-28(33(23-38)27-3-5-29(39)6-4-27)25-42-15-17-43(18-16-42)30-7-9-32(36(21-30)52-48)37(45)41-53(49,50)31-8-10-34(35(22-31)44(46)47)40-24-26-12-19-51-20-13-26;1-38(2)14-11-28(33(23-38)27-3-5-29(39)6-4-27)25-42-15-17-43(18-16-42)30-7-9-32(36(45)21-30)37(46)41-52(49,50)31-8-10-34(35(22-31)44(47)48)40-24-26-12-19-51-20-13-26;1-6-4-7-2-3-9-8(7)10-5-6/h3-10,21-22,26,40H,11-20,23-25H2,1-2H3,(H,41,45);3-10,21-22,26,40,45H,11-20,23-25H2,1-2H3,(H,41,46);2-5H,1H3,(H,9,10). The number of aromatic amines is 1. The third-order valence-electron chi connectivity index (χ3n) is 22.4. The highest BCUT2D eigenvalue weighted by Gasteiger charge is 2.34. The minimum atomic E-state index is -4.50. The summed E-state index contributed by atoms with van der Waals surface area (Å²) in [5.74, 6) is -1.83. The topological polar surface area (TPSA) is 334 Å². The van der Waals surface area contributed by atoms with Crippen LogP contribution in [0.1, 0.15) is 129 Å². The van der Waals surface area contributed by atoms with Crippen LogP contribution in [0.15, 0.2) is 167 Å². The molecule has 2 aromatic heterocycles. The summed E-state index contributed by atoms with van der Waals surface area (Å²) in [6.07, 6.45) is 13.5. The molecule has 0 saturated carbocycles. The summed E-state index contributed by atoms with van der Waals surface area (Å²) >= 11 is 12.4. The van der Waals surface area contributed by atoms with Crippen molar-refractivity contribution in [3.63, 3.8) is 0 Å². The first-order chi connectivity index (χ1) is 54.9. The number of aromatic hydroxyl groups is 1. The number of nitrogens with zero attached hydrogens (tertiary/aromatic N) is 7. The monoisotopic (exact) mass is 1660 g/mol. The van der Waals surface area contributed by atoms with E-state index in [4.69, 9.17) is 32.7 Å². The van der Waals surface area contributed by atoms with Crippen LogP contribution in [-0.2, 0) is 34.1 Å². The molecule has 6 aliphatic rings. The van der Waals surface area contributed by atoms with Crippen LogP contribution in [0.5, 0.6) is 5.75 Å². The molecule has 0 bridgehead atoms. The van der Waals surface area contributed by atoms with Gasteiger partial charge in [-0.15, -0.1) is 0 Å². The molecule has 26 nitrogen and oxygen atoms in total. The summed E-state index contributed by atoms with van der Waals surface area (Å²) in [6, 6.07) is 36.7. The van der Waals surface area contributed by atoms with Crippen molar-refractivity contribution in [2.24, 2.45) is 22.7 Å². The average Bonchev–Trinajstić information content (AvgIpc) is 0.959. The molecular weight excluding hydrogens is 1570 g/mol. The van der Waals surface area contributed by atoms with E-state index in [1.165, 1.54) is 86.8 Å². The van der Waals surface area contributed by atoms with Gasteiger partial charge in [0.1, 0.15) is 22.8 Å². The van der Waals surface area contributed by atoms with E-state index in [0.717, 1.165) is 156 Å². The predicted molar refractivity (Wildman–Crippen MR) is 451 cm³/mol. The minimum absolute atomic E-state index is 0.0706. The highest BCUT2D eigenvalue weighted by Crippen LogP contribution is 2.46. The highest BCUT2D eigenvalue weighted by atomic mass is 35.5. The number of amides is 2. The Morgan fingerprint density at radius 3 is 1.46 bits per heavy atom. The Labute approximate surface area is 683 Å². The maximum atomic E-state index is 13.3. The first-order valence-corrected chi connectivity index (χ1v) is 43.4. The molecule has 0 atom stereocenters. The molecule has 14 rings (SSSR count). The smallest absolute Gasteiger partial charge is 0.293 e. The molecule has 31 heteroatoms. The van der Waals surface area contributed by atoms with Gasteiger partial charge in [-0.05, 0) is 213 Å². The van der Waals surface area contributed by atoms with Gasteiger partial charge in [0.05, 0.1) is 36.1 Å². The highest BCUT2D eigenvalue weighted by molar-refractivity contribution is 7.90. The van der Waals surface area contributed by atoms with Gasteiger partial charge in [-0.1, -0.05) is 86.3 Å². The van der Waals surface area contributed by atoms with E-state index in [1.54, 1.807) is 18.2 Å². The molecule has 6 aromatic carbocycles. The summed E-state index contributed by atoms with van der Waals surface area (Å²) < 4.78 is 79.8. The van der Waals surface area contributed by atoms with Crippen molar-refractivity contribution in [3.8, 4) is 5.75 Å². The first kappa shape index (κ1) is 85.0. The van der Waals surface area contributed by atoms with E-state index in [1.807, 2.05) is 59.1 Å². The van der Waals surface area contributed by atoms with Crippen LogP contribution in [-0.4, -0.2) is 168 Å². The van der Waals surface area contributed by atoms with Gasteiger partial charge in [0.2, 0.25) is 0 Å². The number of sulfonamides is 2. The lowest BCUT2D eigenvalue weighted by Crippen LogP contribution is -2.47. The number of hydrogen-bond acceptors (Lipinski definition) is 21. The summed E-state index contributed by atoms with van der Waals surface area (Å²) in [5, 5.41) is 43.4. The predicted octanol–water partition coefficient (Wildman–Crippen LogP) is 15.5. The number of nitro benzene ring substituents is 2. The van der Waals surface area contributed by atoms with Gasteiger partial charge in [0, 0.05) is 162 Å². The molecule has 4 aliphatic heterocycles. The van der Waals surface area contributed by atoms with E-state index >= 15 is 0 Å². The van der Waals surface area contributed by atoms with Crippen molar-refractivity contribution in [1.29, 1.82) is 0 Å². The van der Waals surface area contributed by atoms with Crippen molar-refractivity contribution < 1.29 is 55.4 Å². The Hall–Kier alpha value is -9.35. The largest absolute Gasteiger partial charge is 0.507 e. The molecule has 2 amide bonds. The maximum Gasteiger partial charge on any atom is 0.293 e. The molecule has 115 heavy (non-hydrogen) atoms. The molecule has 0 unspecified atom stereocenters. The van der Waals surface area contributed by atoms with Gasteiger partial charge >= 0.3 is 0 Å². The minimum Gasteiger partial charge on any atom is -0.507 e. The summed E-state index contributed by atoms with van der Waals surface area (Å²) in [4.78, 5) is 64.3. The van der Waals surface area contributed by atoms with Crippen LogP contribution in [0.3, 0.4) is 0 Å². The molecule has 0 radical (unpaired) electrons. The second-order valence-corrected chi connectivity index (χ2v) is 36.8. The van der Waals surface area contributed by atoms with Crippen LogP contribution in [0, 0.1) is 49.8 Å². The second-order valence-electron chi connectivity index (χ2n) is 31.9. The second kappa shape index (κ2) is 37.7. The third kappa shape index (κ3) is 22.4. The van der Waals surface area contributed by atoms with Gasteiger partial charge in [-0.25, -0.2) is 31.3 Å². The van der Waals surface area contributed by atoms with E-state index < -0.39 is 71.3 Å². The zero-order chi connectivity index (χ0) is 81.8. The molecule has 610 valence electrons. The van der Waals surface area contributed by atoms with Crippen molar-refractivity contribution in [3.05, 3.63) is 215 Å². The number of anilines is 4. The fourth-order valence-corrected chi connectivity index (χ4v) is 18.3. The summed E-state index contributed by atoms with van der Waals surface area (Å²) in [5.41, 5.74) is 11.6. The molecule has 0 spiro atoms. The number of carbonyl (C=O) groups excluding carboxylic acids is 2. The number of fused-ring (bicyclic) bond motifs is 1. The number of aromatic nitrogens is 2. The number of aryl methyl sites for hydroxylation is 1. The van der Waals surface area contributed by atoms with Crippen LogP contribution in [0.4, 0.5) is 34.1 Å². The number of hydrogen-bond donors (Lipinski definition) is 6. The number of halogens is 2. The lowest BCUT2D eigenvalue weighted by atomic mass is 9.72. The lowest BCUT2D eigenvalue weighted by molar-refractivity contribution is -0.384. The molecule has 2 aliphatic carbocycles. The number of carbonyl (C=O) groups is 2. The molecule has 6 N–H and O–H groups in total. The Morgan fingerprint density at radius 1 is 0.591 bits per heavy atom. The van der Waals surface area contributed by atoms with Crippen LogP contribution in [0.2, 0.25) is 10.0 Å². The average molecular weight is 1670 g/mol. The zero-order valence-corrected chi connectivity index (χ0v) is 69.3. The fraction of sp³-hybridized carbons (Fsp3) is 0.417. The van der Waals surface area contributed by atoms with Crippen LogP contribution < -0.4 is 35.2 Å². The van der Waals surface area contributed by atoms with E-state index in [2.05, 4.69) is 98.2 Å². The first-order valence-electron chi connectivity index (χ1n) is 38.9. The SMILES string of the molecule is CC1(C)CCC(CN2CCN(c3ccc(C(=O)NS(=O)(=O)c4ccc(NCC5CCOCC5)c([N+](=O)[O-])c4)c(O)c3)CC2)=C(c2ccc(Cl)cc2)C1.CC1(C)CCC(CN2CCN(c3ccc(C(=O)NS(=O)(=O)c4ccc(NCC5CCOCC5)c([N+](=O)[O-])c4)c(P=O)c3)CC2)=C(c2ccc(Cl)cc2)C1.Cc1cnc2[nH]ccc2c1. The number of benzene rings is 6. The van der Waals surface area contributed by atoms with Crippen LogP contribution in [0.25, 0.3) is 22.2 Å². The number of phenols is 1. The van der Waals surface area contributed by atoms with Crippen molar-refractivity contribution in [2.45, 2.75) is 109 Å². The molecular formula is C84H99Cl2N12O14PS2. The number of pyridine rings is 1. The Bertz CT molecular complexity index is 5180. The molecule has 4 saturated heterocycles. The molecule has 6 heterocycles. The van der Waals surface area contributed by atoms with E-state index in [-0.39, 0.29) is 56.2 Å². The molecule has 4 fully saturated rings. The third-order valence-corrected chi connectivity index (χ3v) is 26.1. The van der Waals surface area contributed by atoms with Gasteiger partial charge in [-0.2, -0.15) is 0 Å². The lowest BCUT2D eigenvalue weighted by Gasteiger charge is -2.39. The van der Waals surface area contributed by atoms with Crippen molar-refractivity contribution >= 4 is 125 Å². The number of nitro groups is 2. The van der Waals surface area contributed by atoms with Gasteiger partial charge in [0.15, 0.2) is 8.46 Å². The summed E-state index contributed by atoms with van der Waals surface area (Å²) in [7, 11) is -9.45. The number of rotatable bonds is 23. The summed E-state index contributed by atoms with van der Waals surface area (Å²) in [6.45, 7) is 22.8. The van der Waals surface area contributed by atoms with Gasteiger partial charge < -0.3 is 40.0 Å². The maximum absolute atomic E-state index is 13.3. The van der Waals surface area contributed by atoms with Crippen molar-refractivity contribution in [2.75, 3.05) is 125 Å². The fourth-order valence-electron chi connectivity index (χ4n) is 15.6. The Morgan fingerprint density at radius 2 is 1.03 bits per heavy atom. The number of phenolic OH excluding ortho intramolecular Hbond substituents is 1. The van der Waals surface area contributed by atoms with E-state index in [9.17, 15) is 56.3 Å². The Kier molecular flexibility index (Phi) is 27.9. The quantitative estimate of drug-likeness (QED) is 0.0197. The Balaban J connectivity index is 0.000000189. The van der Waals surface area contributed by atoms with Crippen LogP contribution >= 0.6 is 31.7 Å². The van der Waals surface area contributed by atoms with Gasteiger partial charge in [0.25, 0.3) is 43.2 Å². The number of ether oxygens (including phenoxy) is 2. The normalized spacial score (nSPS) is 17.9. The number of piperazine rings is 2.